The molecule has 0 aliphatic heterocycles. The molecule has 0 aliphatic carbocycles. The molecule has 0 saturated heterocycles. The van der Waals surface area contributed by atoms with E-state index in [2.05, 4.69) is 0 Å². The predicted molar refractivity (Wildman–Crippen MR) is 126 cm³/mol. The summed E-state index contributed by atoms with van der Waals surface area (Å²) in [6.45, 7) is 0. The zero-order valence-electron chi connectivity index (χ0n) is 18.0. The second-order valence-corrected chi connectivity index (χ2v) is 6.82. The summed E-state index contributed by atoms with van der Waals surface area (Å²) in [5, 5.41) is 0. The van der Waals surface area contributed by atoms with Crippen LogP contribution >= 0.6 is 0 Å². The number of hydrogen-bond donors (Lipinski definition) is 0. The monoisotopic (exact) mass is 424 g/mol. The summed E-state index contributed by atoms with van der Waals surface area (Å²) in [4.78, 5) is 24.2. The van der Waals surface area contributed by atoms with E-state index in [0.717, 1.165) is 5.75 Å². The molecule has 0 fully saturated rings. The van der Waals surface area contributed by atoms with Crippen LogP contribution in [0.15, 0.2) is 109 Å². The van der Waals surface area contributed by atoms with E-state index in [-0.39, 0.29) is 11.6 Å². The Morgan fingerprint density at radius 2 is 0.969 bits per heavy atom. The van der Waals surface area contributed by atoms with Gasteiger partial charge in [0.05, 0.1) is 19.8 Å². The molecule has 0 atom stereocenters. The zero-order chi connectivity index (χ0) is 22.8. The highest BCUT2D eigenvalue weighted by atomic mass is 16.5. The van der Waals surface area contributed by atoms with Gasteiger partial charge in [-0.25, -0.2) is 0 Å². The largest absolute Gasteiger partial charge is 0.497 e. The fraction of sp³-hybridized carbons (Fsp3) is 0.0714. The van der Waals surface area contributed by atoms with Crippen LogP contribution in [0.4, 0.5) is 0 Å². The summed E-state index contributed by atoms with van der Waals surface area (Å²) in [6, 6.07) is 32.8. The highest BCUT2D eigenvalue weighted by molar-refractivity contribution is 6.10. The summed E-state index contributed by atoms with van der Waals surface area (Å²) >= 11 is 0. The molecule has 4 aromatic rings. The van der Waals surface area contributed by atoms with Gasteiger partial charge in [-0.05, 0) is 36.4 Å². The minimum atomic E-state index is -0.0157. The number of benzene rings is 4. The van der Waals surface area contributed by atoms with E-state index in [1.54, 1.807) is 62.8 Å². The van der Waals surface area contributed by atoms with Crippen molar-refractivity contribution in [1.82, 2.24) is 0 Å². The van der Waals surface area contributed by atoms with Gasteiger partial charge in [0.25, 0.3) is 0 Å². The van der Waals surface area contributed by atoms with Crippen molar-refractivity contribution in [1.29, 1.82) is 0 Å². The number of para-hydroxylation sites is 1. The van der Waals surface area contributed by atoms with Gasteiger partial charge < -0.3 is 9.47 Å². The van der Waals surface area contributed by atoms with E-state index in [1.807, 2.05) is 60.7 Å². The second-order valence-electron chi connectivity index (χ2n) is 6.82. The number of methoxy groups -OCH3 is 2. The molecule has 0 unspecified atom stereocenters. The van der Waals surface area contributed by atoms with Crippen LogP contribution in [0.5, 0.6) is 11.5 Å². The van der Waals surface area contributed by atoms with Crippen LogP contribution < -0.4 is 9.47 Å². The van der Waals surface area contributed by atoms with Gasteiger partial charge >= 0.3 is 0 Å². The number of ether oxygens (including phenoxy) is 2. The molecule has 0 N–H and O–H groups in total. The first-order chi connectivity index (χ1) is 15.6. The third-order valence-corrected chi connectivity index (χ3v) is 4.78. The maximum atomic E-state index is 12.1. The fourth-order valence-corrected chi connectivity index (χ4v) is 3.08. The Morgan fingerprint density at radius 1 is 0.500 bits per heavy atom. The molecule has 0 radical (unpaired) electrons. The van der Waals surface area contributed by atoms with Crippen LogP contribution in [0.1, 0.15) is 31.8 Å². The number of carbonyl (C=O) groups excluding carboxylic acids is 2. The first kappa shape index (κ1) is 22.5. The van der Waals surface area contributed by atoms with Crippen molar-refractivity contribution in [2.75, 3.05) is 14.2 Å². The highest BCUT2D eigenvalue weighted by Gasteiger charge is 2.12. The van der Waals surface area contributed by atoms with E-state index >= 15 is 0 Å². The lowest BCUT2D eigenvalue weighted by molar-refractivity contribution is 0.102. The van der Waals surface area contributed by atoms with Crippen LogP contribution in [0.2, 0.25) is 0 Å². The van der Waals surface area contributed by atoms with Crippen LogP contribution in [0.25, 0.3) is 0 Å². The maximum Gasteiger partial charge on any atom is 0.196 e. The Labute approximate surface area is 188 Å². The van der Waals surface area contributed by atoms with E-state index in [1.165, 1.54) is 0 Å². The van der Waals surface area contributed by atoms with Gasteiger partial charge in [-0.1, -0.05) is 72.8 Å². The number of carbonyl (C=O) groups is 2. The molecule has 0 bridgehead atoms. The van der Waals surface area contributed by atoms with Crippen molar-refractivity contribution >= 4 is 11.6 Å². The third kappa shape index (κ3) is 5.70. The summed E-state index contributed by atoms with van der Waals surface area (Å²) in [7, 11) is 3.17. The van der Waals surface area contributed by atoms with Crippen LogP contribution in [-0.4, -0.2) is 25.8 Å². The maximum absolute atomic E-state index is 12.1. The van der Waals surface area contributed by atoms with E-state index in [4.69, 9.17) is 9.47 Å². The molecule has 160 valence electrons. The Morgan fingerprint density at radius 3 is 1.50 bits per heavy atom. The summed E-state index contributed by atoms with van der Waals surface area (Å²) in [5.74, 6) is 1.38. The van der Waals surface area contributed by atoms with Crippen LogP contribution in [0.3, 0.4) is 0 Å². The first-order valence-corrected chi connectivity index (χ1v) is 10.1. The molecule has 0 spiro atoms. The van der Waals surface area contributed by atoms with Crippen molar-refractivity contribution in [3.05, 3.63) is 131 Å². The van der Waals surface area contributed by atoms with Crippen molar-refractivity contribution in [2.45, 2.75) is 0 Å². The molecule has 0 aliphatic rings. The van der Waals surface area contributed by atoms with E-state index < -0.39 is 0 Å². The minimum absolute atomic E-state index is 0.0157. The number of rotatable bonds is 6. The minimum Gasteiger partial charge on any atom is -0.497 e. The van der Waals surface area contributed by atoms with Crippen molar-refractivity contribution in [3.8, 4) is 11.5 Å². The number of hydrogen-bond acceptors (Lipinski definition) is 4. The molecule has 4 heteroatoms. The number of ketones is 2. The molecule has 0 amide bonds. The van der Waals surface area contributed by atoms with Crippen LogP contribution in [-0.2, 0) is 0 Å². The van der Waals surface area contributed by atoms with Crippen LogP contribution in [0, 0.1) is 0 Å². The molecular formula is C28H24O4. The van der Waals surface area contributed by atoms with Crippen molar-refractivity contribution in [2.24, 2.45) is 0 Å². The Bertz CT molecular complexity index is 1150. The van der Waals surface area contributed by atoms with Gasteiger partial charge in [0.2, 0.25) is 0 Å². The molecule has 4 nitrogen and oxygen atoms in total. The summed E-state index contributed by atoms with van der Waals surface area (Å²) in [6.07, 6.45) is 0. The van der Waals surface area contributed by atoms with Gasteiger partial charge in [-0.3, -0.25) is 9.59 Å². The zero-order valence-corrected chi connectivity index (χ0v) is 18.0. The molecular weight excluding hydrogens is 400 g/mol. The standard InChI is InChI=1S/2C14H12O2/c1-16-13-10-6-5-9-12(13)14(15)11-7-3-2-4-8-11;1-16-13-9-7-12(8-10-13)14(15)11-5-3-2-4-6-11/h2*2-10H,1H3. The lowest BCUT2D eigenvalue weighted by atomic mass is 10.0. The van der Waals surface area contributed by atoms with Gasteiger partial charge in [0.15, 0.2) is 11.6 Å². The average molecular weight is 424 g/mol. The van der Waals surface area contributed by atoms with Crippen molar-refractivity contribution in [3.63, 3.8) is 0 Å². The topological polar surface area (TPSA) is 52.6 Å². The lowest BCUT2D eigenvalue weighted by Crippen LogP contribution is -2.03. The predicted octanol–water partition coefficient (Wildman–Crippen LogP) is 5.85. The normalized spacial score (nSPS) is 9.81. The summed E-state index contributed by atoms with van der Waals surface area (Å²) in [5.41, 5.74) is 2.64. The van der Waals surface area contributed by atoms with Crippen molar-refractivity contribution < 1.29 is 19.1 Å². The van der Waals surface area contributed by atoms with Gasteiger partial charge in [0, 0.05) is 16.7 Å². The quantitative estimate of drug-likeness (QED) is 0.364. The average Bonchev–Trinajstić information content (AvgIpc) is 2.89. The molecule has 4 aromatic carbocycles. The third-order valence-electron chi connectivity index (χ3n) is 4.78. The highest BCUT2D eigenvalue weighted by Crippen LogP contribution is 2.20. The van der Waals surface area contributed by atoms with Gasteiger partial charge in [-0.15, -0.1) is 0 Å². The SMILES string of the molecule is COc1ccc(C(=O)c2ccccc2)cc1.COc1ccccc1C(=O)c1ccccc1. The fourth-order valence-electron chi connectivity index (χ4n) is 3.08. The molecule has 32 heavy (non-hydrogen) atoms. The second kappa shape index (κ2) is 11.3. The lowest BCUT2D eigenvalue weighted by Gasteiger charge is -2.06. The first-order valence-electron chi connectivity index (χ1n) is 10.1. The smallest absolute Gasteiger partial charge is 0.196 e. The Balaban J connectivity index is 0.000000181. The van der Waals surface area contributed by atoms with Gasteiger partial charge in [-0.2, -0.15) is 0 Å². The molecule has 0 aromatic heterocycles. The van der Waals surface area contributed by atoms with E-state index in [0.29, 0.717) is 28.0 Å². The molecule has 0 saturated carbocycles. The summed E-state index contributed by atoms with van der Waals surface area (Å²) < 4.78 is 10.2. The molecule has 0 heterocycles. The Hall–Kier alpha value is -4.18. The molecule has 4 rings (SSSR count). The Kier molecular flexibility index (Phi) is 7.93. The van der Waals surface area contributed by atoms with E-state index in [9.17, 15) is 9.59 Å². The van der Waals surface area contributed by atoms with Gasteiger partial charge in [0.1, 0.15) is 11.5 Å².